The molecule has 0 radical (unpaired) electrons. The Morgan fingerprint density at radius 2 is 2.12 bits per heavy atom. The fraction of sp³-hybridized carbons (Fsp3) is 0.438. The van der Waals surface area contributed by atoms with Crippen molar-refractivity contribution in [3.05, 3.63) is 33.9 Å². The van der Waals surface area contributed by atoms with Gasteiger partial charge in [0.15, 0.2) is 0 Å². The van der Waals surface area contributed by atoms with Gasteiger partial charge < -0.3 is 5.11 Å². The Bertz CT molecular complexity index is 836. The third-order valence-corrected chi connectivity index (χ3v) is 5.53. The van der Waals surface area contributed by atoms with Crippen LogP contribution in [-0.4, -0.2) is 35.3 Å². The van der Waals surface area contributed by atoms with Crippen LogP contribution in [0.4, 0.5) is 16.2 Å². The van der Waals surface area contributed by atoms with E-state index in [1.54, 1.807) is 6.07 Å². The molecule has 1 fully saturated rings. The lowest BCUT2D eigenvalue weighted by molar-refractivity contribution is -0.875. The zero-order valence-electron chi connectivity index (χ0n) is 13.3. The van der Waals surface area contributed by atoms with E-state index >= 15 is 0 Å². The molecule has 3 heterocycles. The van der Waals surface area contributed by atoms with Crippen LogP contribution in [0, 0.1) is 15.5 Å². The maximum atomic E-state index is 12.7. The van der Waals surface area contributed by atoms with Gasteiger partial charge in [-0.25, -0.2) is 9.79 Å². The van der Waals surface area contributed by atoms with Crippen molar-refractivity contribution >= 4 is 29.2 Å². The van der Waals surface area contributed by atoms with Gasteiger partial charge in [0.25, 0.3) is 5.69 Å². The number of nitrogens with one attached hydrogen (secondary N) is 2. The maximum absolute atomic E-state index is 12.7. The molecule has 1 spiro atoms. The van der Waals surface area contributed by atoms with Gasteiger partial charge in [0.2, 0.25) is 5.91 Å². The largest absolute Gasteiger partial charge is 0.861 e. The molecule has 0 saturated carbocycles. The molecule has 1 aromatic rings. The first-order chi connectivity index (χ1) is 11.9. The molecule has 3 aliphatic heterocycles. The minimum Gasteiger partial charge on any atom is -0.861 e. The van der Waals surface area contributed by atoms with Gasteiger partial charge in [0.05, 0.1) is 11.5 Å². The fourth-order valence-electron chi connectivity index (χ4n) is 4.44. The molecule has 3 atom stereocenters. The average Bonchev–Trinajstić information content (AvgIpc) is 2.58. The number of hydrogen-bond donors (Lipinski definition) is 2. The zero-order chi connectivity index (χ0) is 17.8. The van der Waals surface area contributed by atoms with Crippen LogP contribution >= 0.6 is 0 Å². The number of aliphatic imine (C=N–C) groups is 1. The molecule has 1 saturated heterocycles. The summed E-state index contributed by atoms with van der Waals surface area (Å²) in [5.74, 6) is -1.37. The predicted octanol–water partition coefficient (Wildman–Crippen LogP) is -0.785. The molecule has 0 aliphatic carbocycles. The van der Waals surface area contributed by atoms with Gasteiger partial charge in [-0.1, -0.05) is 0 Å². The Hall–Kier alpha value is -2.81. The summed E-state index contributed by atoms with van der Waals surface area (Å²) in [5.41, 5.74) is -0.0689. The van der Waals surface area contributed by atoms with Gasteiger partial charge in [-0.15, -0.1) is 0 Å². The van der Waals surface area contributed by atoms with Gasteiger partial charge in [-0.2, -0.15) is 0 Å². The molecule has 3 aliphatic rings. The molecular formula is C16H16N4O5. The van der Waals surface area contributed by atoms with Crippen LogP contribution in [-0.2, 0) is 11.2 Å². The minimum absolute atomic E-state index is 0.0274. The number of fused-ring (bicyclic) bond motifs is 4. The number of nitrogens with zero attached hydrogens (tertiary/aromatic N) is 2. The normalized spacial score (nSPS) is 31.0. The lowest BCUT2D eigenvalue weighted by Crippen LogP contribution is -3.16. The highest BCUT2D eigenvalue weighted by molar-refractivity contribution is 6.16. The maximum Gasteiger partial charge on any atom is 0.346 e. The van der Waals surface area contributed by atoms with E-state index in [9.17, 15) is 24.8 Å². The summed E-state index contributed by atoms with van der Waals surface area (Å²) < 4.78 is 0. The molecule has 2 N–H and O–H groups in total. The third-order valence-electron chi connectivity index (χ3n) is 5.53. The van der Waals surface area contributed by atoms with E-state index in [1.165, 1.54) is 12.1 Å². The van der Waals surface area contributed by atoms with Crippen LogP contribution in [0.15, 0.2) is 23.2 Å². The Morgan fingerprint density at radius 3 is 2.84 bits per heavy atom. The number of rotatable bonds is 1. The monoisotopic (exact) mass is 344 g/mol. The summed E-state index contributed by atoms with van der Waals surface area (Å²) >= 11 is 0. The molecule has 0 bridgehead atoms. The summed E-state index contributed by atoms with van der Waals surface area (Å²) in [4.78, 5) is 39.2. The van der Waals surface area contributed by atoms with Crippen LogP contribution in [0.1, 0.15) is 24.8 Å². The molecule has 9 heteroatoms. The number of imide groups is 1. The van der Waals surface area contributed by atoms with Crippen molar-refractivity contribution in [3.63, 3.8) is 0 Å². The van der Waals surface area contributed by atoms with E-state index < -0.39 is 28.2 Å². The molecule has 9 nitrogen and oxygen atoms in total. The number of carbonyl (C=O) groups is 2. The molecule has 3 amide bonds. The van der Waals surface area contributed by atoms with E-state index in [0.29, 0.717) is 12.0 Å². The topological polar surface area (TPSA) is 129 Å². The minimum atomic E-state index is -1.47. The Balaban J connectivity index is 1.91. The Kier molecular flexibility index (Phi) is 3.36. The highest BCUT2D eigenvalue weighted by atomic mass is 16.6. The first-order valence-corrected chi connectivity index (χ1v) is 8.18. The van der Waals surface area contributed by atoms with Gasteiger partial charge in [0, 0.05) is 36.6 Å². The summed E-state index contributed by atoms with van der Waals surface area (Å²) in [5, 5.41) is 25.9. The van der Waals surface area contributed by atoms with Gasteiger partial charge in [-0.3, -0.25) is 25.1 Å². The number of hydrogen-bond acceptors (Lipinski definition) is 5. The van der Waals surface area contributed by atoms with Crippen LogP contribution in [0.3, 0.4) is 0 Å². The number of non-ortho nitro benzene ring substituents is 1. The van der Waals surface area contributed by atoms with Gasteiger partial charge >= 0.3 is 6.03 Å². The third kappa shape index (κ3) is 2.15. The van der Waals surface area contributed by atoms with E-state index in [1.807, 2.05) is 0 Å². The average molecular weight is 344 g/mol. The van der Waals surface area contributed by atoms with Crippen molar-refractivity contribution < 1.29 is 24.5 Å². The highest BCUT2D eigenvalue weighted by Gasteiger charge is 2.58. The summed E-state index contributed by atoms with van der Waals surface area (Å²) in [6.07, 6.45) is 2.51. The Morgan fingerprint density at radius 1 is 1.32 bits per heavy atom. The van der Waals surface area contributed by atoms with E-state index in [2.05, 4.69) is 10.3 Å². The molecule has 130 valence electrons. The molecule has 0 aromatic heterocycles. The smallest absolute Gasteiger partial charge is 0.346 e. The second-order valence-corrected chi connectivity index (χ2v) is 6.75. The number of quaternary nitrogens is 1. The van der Waals surface area contributed by atoms with Crippen molar-refractivity contribution in [2.45, 2.75) is 31.7 Å². The summed E-state index contributed by atoms with van der Waals surface area (Å²) in [6, 6.07) is 3.32. The van der Waals surface area contributed by atoms with Crippen LogP contribution < -0.4 is 15.3 Å². The van der Waals surface area contributed by atoms with Crippen molar-refractivity contribution in [2.75, 3.05) is 6.54 Å². The van der Waals surface area contributed by atoms with E-state index in [0.717, 1.165) is 30.0 Å². The van der Waals surface area contributed by atoms with Crippen LogP contribution in [0.5, 0.6) is 0 Å². The Labute approximate surface area is 142 Å². The second kappa shape index (κ2) is 5.35. The first kappa shape index (κ1) is 15.7. The van der Waals surface area contributed by atoms with Crippen molar-refractivity contribution in [1.29, 1.82) is 0 Å². The fourth-order valence-corrected chi connectivity index (χ4v) is 4.44. The van der Waals surface area contributed by atoms with E-state index in [-0.39, 0.29) is 18.2 Å². The molecule has 25 heavy (non-hydrogen) atoms. The van der Waals surface area contributed by atoms with E-state index in [4.69, 9.17) is 0 Å². The lowest BCUT2D eigenvalue weighted by atomic mass is 9.67. The number of nitro groups is 1. The second-order valence-electron chi connectivity index (χ2n) is 6.75. The standard InChI is InChI=1S/C16H16N4O5/c21-13-16(14(22)18-15(23)17-13)8-9-7-10(20(24)25)4-5-11(9)19-6-2-1-3-12(16)19/h4-5,7,12H,1-3,6,8H2,(H2,17,18,21,22,23). The van der Waals surface area contributed by atoms with Crippen LogP contribution in [0.2, 0.25) is 0 Å². The van der Waals surface area contributed by atoms with Crippen molar-refractivity contribution in [2.24, 2.45) is 10.4 Å². The summed E-state index contributed by atoms with van der Waals surface area (Å²) in [7, 11) is 0. The zero-order valence-corrected chi connectivity index (χ0v) is 13.3. The van der Waals surface area contributed by atoms with Gasteiger partial charge in [0.1, 0.15) is 17.1 Å². The van der Waals surface area contributed by atoms with Gasteiger partial charge in [-0.05, 0) is 18.7 Å². The lowest BCUT2D eigenvalue weighted by Gasteiger charge is -2.50. The summed E-state index contributed by atoms with van der Waals surface area (Å²) in [6.45, 7) is 0.728. The number of carbonyl (C=O) groups excluding carboxylic acids is 2. The number of piperidine rings is 1. The predicted molar refractivity (Wildman–Crippen MR) is 83.3 cm³/mol. The molecule has 3 unspecified atom stereocenters. The van der Waals surface area contributed by atoms with Crippen molar-refractivity contribution in [3.8, 4) is 0 Å². The van der Waals surface area contributed by atoms with Crippen molar-refractivity contribution in [1.82, 2.24) is 5.32 Å². The molecule has 4 rings (SSSR count). The number of benzene rings is 1. The van der Waals surface area contributed by atoms with Crippen LogP contribution in [0.25, 0.3) is 0 Å². The highest BCUT2D eigenvalue weighted by Crippen LogP contribution is 2.39. The first-order valence-electron chi connectivity index (χ1n) is 8.18. The molecule has 1 aromatic carbocycles. The quantitative estimate of drug-likeness (QED) is 0.510. The number of urea groups is 1. The number of amides is 3. The number of nitro benzene ring substituents is 1. The SMILES string of the molecule is O=C1N=C([O-])C2(Cc3cc([N+](=O)[O-])ccc3[NH+]3CCCCC32)C(=O)N1. The molecular weight excluding hydrogens is 328 g/mol.